The summed E-state index contributed by atoms with van der Waals surface area (Å²) in [6.07, 6.45) is 0.662. The summed E-state index contributed by atoms with van der Waals surface area (Å²) in [7, 11) is 0. The minimum atomic E-state index is -0.516. The molecule has 1 heterocycles. The monoisotopic (exact) mass is 342 g/mol. The molecule has 0 saturated heterocycles. The van der Waals surface area contributed by atoms with Gasteiger partial charge in [0.2, 0.25) is 5.91 Å². The maximum Gasteiger partial charge on any atom is 0.306 e. The van der Waals surface area contributed by atoms with Crippen molar-refractivity contribution in [2.24, 2.45) is 0 Å². The minimum Gasteiger partial charge on any atom is -0.460 e. The van der Waals surface area contributed by atoms with E-state index in [0.717, 1.165) is 22.2 Å². The molecular weight excluding hydrogens is 316 g/mol. The average Bonchev–Trinajstić information content (AvgIpc) is 2.49. The van der Waals surface area contributed by atoms with Crippen LogP contribution < -0.4 is 5.32 Å². The topological polar surface area (TPSA) is 68.3 Å². The van der Waals surface area contributed by atoms with E-state index in [1.165, 1.54) is 6.92 Å². The third-order valence-electron chi connectivity index (χ3n) is 3.73. The molecule has 1 aromatic carbocycles. The number of nitrogens with zero attached hydrogens (tertiary/aromatic N) is 1. The number of hydrogen-bond donors (Lipinski definition) is 1. The number of aryl methyl sites for hydroxylation is 1. The van der Waals surface area contributed by atoms with Gasteiger partial charge in [-0.3, -0.25) is 14.6 Å². The van der Waals surface area contributed by atoms with Gasteiger partial charge in [-0.15, -0.1) is 0 Å². The van der Waals surface area contributed by atoms with Crippen LogP contribution in [-0.4, -0.2) is 22.5 Å². The van der Waals surface area contributed by atoms with Gasteiger partial charge in [-0.25, -0.2) is 0 Å². The average molecular weight is 342 g/mol. The van der Waals surface area contributed by atoms with Crippen molar-refractivity contribution in [2.45, 2.75) is 59.1 Å². The zero-order valence-electron chi connectivity index (χ0n) is 15.6. The lowest BCUT2D eigenvalue weighted by Gasteiger charge is -2.22. The summed E-state index contributed by atoms with van der Waals surface area (Å²) in [5.41, 5.74) is 2.21. The molecule has 2 rings (SSSR count). The number of para-hydroxylation sites is 1. The van der Waals surface area contributed by atoms with Gasteiger partial charge in [0, 0.05) is 18.7 Å². The molecule has 0 radical (unpaired) electrons. The van der Waals surface area contributed by atoms with Crippen LogP contribution in [0.15, 0.2) is 30.3 Å². The Morgan fingerprint density at radius 3 is 2.56 bits per heavy atom. The zero-order chi connectivity index (χ0) is 18.6. The number of benzene rings is 1. The number of esters is 1. The van der Waals surface area contributed by atoms with Crippen LogP contribution in [0.3, 0.4) is 0 Å². The number of nitrogens with one attached hydrogen (secondary N) is 1. The number of carbonyl (C=O) groups is 2. The van der Waals surface area contributed by atoms with E-state index in [1.807, 2.05) is 58.0 Å². The van der Waals surface area contributed by atoms with Crippen LogP contribution in [0.25, 0.3) is 10.9 Å². The Hall–Kier alpha value is -2.43. The van der Waals surface area contributed by atoms with Crippen molar-refractivity contribution in [3.05, 3.63) is 41.6 Å². The summed E-state index contributed by atoms with van der Waals surface area (Å²) < 4.78 is 5.35. The van der Waals surface area contributed by atoms with Crippen LogP contribution in [-0.2, 0) is 14.3 Å². The Kier molecular flexibility index (Phi) is 5.77. The van der Waals surface area contributed by atoms with Crippen LogP contribution >= 0.6 is 0 Å². The third-order valence-corrected chi connectivity index (χ3v) is 3.73. The molecule has 0 unspecified atom stereocenters. The van der Waals surface area contributed by atoms with Crippen molar-refractivity contribution in [2.75, 3.05) is 0 Å². The van der Waals surface area contributed by atoms with Gasteiger partial charge in [0.1, 0.15) is 5.60 Å². The highest BCUT2D eigenvalue weighted by molar-refractivity contribution is 5.82. The molecule has 0 fully saturated rings. The number of rotatable bonds is 5. The molecule has 1 atom stereocenters. The third kappa shape index (κ3) is 5.55. The molecule has 25 heavy (non-hydrogen) atoms. The molecule has 134 valence electrons. The fraction of sp³-hybridized carbons (Fsp3) is 0.450. The highest BCUT2D eigenvalue weighted by Gasteiger charge is 2.21. The molecule has 0 bridgehead atoms. The maximum atomic E-state index is 12.0. The zero-order valence-corrected chi connectivity index (χ0v) is 15.6. The number of amides is 1. The second kappa shape index (κ2) is 7.64. The highest BCUT2D eigenvalue weighted by atomic mass is 16.6. The van der Waals surface area contributed by atoms with Crippen molar-refractivity contribution >= 4 is 22.8 Å². The number of aromatic nitrogens is 1. The smallest absolute Gasteiger partial charge is 0.306 e. The summed E-state index contributed by atoms with van der Waals surface area (Å²) in [6.45, 7) is 9.00. The molecule has 1 aromatic heterocycles. The Morgan fingerprint density at radius 2 is 1.92 bits per heavy atom. The molecule has 0 aliphatic carbocycles. The molecule has 0 spiro atoms. The Bertz CT molecular complexity index is 778. The summed E-state index contributed by atoms with van der Waals surface area (Å²) >= 11 is 0. The predicted octanol–water partition coefficient (Wildman–Crippen LogP) is 3.84. The SMILES string of the molecule is CC(=O)N[C@@H](CCC(=O)OC(C)(C)C)c1cc(C)c2ccccc2n1. The highest BCUT2D eigenvalue weighted by Crippen LogP contribution is 2.24. The van der Waals surface area contributed by atoms with Gasteiger partial charge in [0.25, 0.3) is 0 Å². The number of pyridine rings is 1. The van der Waals surface area contributed by atoms with Crippen molar-refractivity contribution < 1.29 is 14.3 Å². The molecule has 1 N–H and O–H groups in total. The van der Waals surface area contributed by atoms with E-state index in [1.54, 1.807) is 0 Å². The van der Waals surface area contributed by atoms with Crippen molar-refractivity contribution in [3.8, 4) is 0 Å². The molecule has 2 aromatic rings. The molecular formula is C20H26N2O3. The number of ether oxygens (including phenoxy) is 1. The minimum absolute atomic E-state index is 0.151. The van der Waals surface area contributed by atoms with E-state index in [-0.39, 0.29) is 24.3 Å². The summed E-state index contributed by atoms with van der Waals surface area (Å²) in [5.74, 6) is -0.429. The Labute approximate surface area is 148 Å². The van der Waals surface area contributed by atoms with E-state index in [0.29, 0.717) is 6.42 Å². The Balaban J connectivity index is 2.22. The fourth-order valence-corrected chi connectivity index (χ4v) is 2.75. The quantitative estimate of drug-likeness (QED) is 0.838. The maximum absolute atomic E-state index is 12.0. The number of hydrogen-bond acceptors (Lipinski definition) is 4. The lowest BCUT2D eigenvalue weighted by molar-refractivity contribution is -0.155. The number of fused-ring (bicyclic) bond motifs is 1. The van der Waals surface area contributed by atoms with Gasteiger partial charge in [-0.2, -0.15) is 0 Å². The van der Waals surface area contributed by atoms with Crippen LogP contribution in [0.2, 0.25) is 0 Å². The van der Waals surface area contributed by atoms with Crippen molar-refractivity contribution in [1.29, 1.82) is 0 Å². The first-order valence-corrected chi connectivity index (χ1v) is 8.51. The van der Waals surface area contributed by atoms with E-state index in [4.69, 9.17) is 4.74 Å². The first-order chi connectivity index (χ1) is 11.7. The second-order valence-electron chi connectivity index (χ2n) is 7.26. The lowest BCUT2D eigenvalue weighted by Crippen LogP contribution is -2.29. The summed E-state index contributed by atoms with van der Waals surface area (Å²) in [4.78, 5) is 28.3. The Morgan fingerprint density at radius 1 is 1.24 bits per heavy atom. The molecule has 1 amide bonds. The van der Waals surface area contributed by atoms with Gasteiger partial charge in [-0.1, -0.05) is 18.2 Å². The first-order valence-electron chi connectivity index (χ1n) is 8.51. The molecule has 0 aliphatic heterocycles. The first kappa shape index (κ1) is 18.9. The fourth-order valence-electron chi connectivity index (χ4n) is 2.75. The van der Waals surface area contributed by atoms with E-state index >= 15 is 0 Å². The van der Waals surface area contributed by atoms with Gasteiger partial charge < -0.3 is 10.1 Å². The van der Waals surface area contributed by atoms with E-state index in [9.17, 15) is 9.59 Å². The summed E-state index contributed by atoms with van der Waals surface area (Å²) in [6, 6.07) is 9.53. The molecule has 0 aliphatic rings. The normalized spacial score (nSPS) is 12.7. The van der Waals surface area contributed by atoms with E-state index < -0.39 is 5.60 Å². The van der Waals surface area contributed by atoms with Crippen LogP contribution in [0, 0.1) is 6.92 Å². The largest absolute Gasteiger partial charge is 0.460 e. The molecule has 5 nitrogen and oxygen atoms in total. The second-order valence-corrected chi connectivity index (χ2v) is 7.26. The van der Waals surface area contributed by atoms with Gasteiger partial charge in [0.15, 0.2) is 0 Å². The van der Waals surface area contributed by atoms with Crippen LogP contribution in [0.4, 0.5) is 0 Å². The molecule has 0 saturated carbocycles. The lowest BCUT2D eigenvalue weighted by atomic mass is 10.0. The van der Waals surface area contributed by atoms with Gasteiger partial charge in [-0.05, 0) is 51.8 Å². The predicted molar refractivity (Wildman–Crippen MR) is 98.1 cm³/mol. The van der Waals surface area contributed by atoms with Gasteiger partial charge in [0.05, 0.1) is 17.3 Å². The van der Waals surface area contributed by atoms with Crippen LogP contribution in [0.1, 0.15) is 57.8 Å². The summed E-state index contributed by atoms with van der Waals surface area (Å²) in [5, 5.41) is 3.98. The van der Waals surface area contributed by atoms with Crippen molar-refractivity contribution in [1.82, 2.24) is 10.3 Å². The van der Waals surface area contributed by atoms with Crippen LogP contribution in [0.5, 0.6) is 0 Å². The standard InChI is InChI=1S/C20H26N2O3/c1-13-12-18(22-16-9-7-6-8-15(13)16)17(21-14(2)23)10-11-19(24)25-20(3,4)5/h6-9,12,17H,10-11H2,1-5H3,(H,21,23)/t17-/m0/s1. The van der Waals surface area contributed by atoms with E-state index in [2.05, 4.69) is 10.3 Å². The number of carbonyl (C=O) groups excluding carboxylic acids is 2. The molecule has 5 heteroatoms. The van der Waals surface area contributed by atoms with Gasteiger partial charge >= 0.3 is 5.97 Å². The van der Waals surface area contributed by atoms with Crippen molar-refractivity contribution in [3.63, 3.8) is 0 Å².